The summed E-state index contributed by atoms with van der Waals surface area (Å²) in [7, 11) is -5.86. The van der Waals surface area contributed by atoms with Crippen molar-refractivity contribution < 1.29 is 22.9 Å². The number of hydrogen-bond acceptors (Lipinski definition) is 5. The number of benzene rings is 1. The van der Waals surface area contributed by atoms with E-state index in [0.29, 0.717) is 5.69 Å². The molecule has 1 aromatic heterocycles. The van der Waals surface area contributed by atoms with Gasteiger partial charge in [0, 0.05) is 11.7 Å². The third-order valence-corrected chi connectivity index (χ3v) is 4.68. The summed E-state index contributed by atoms with van der Waals surface area (Å²) in [5.41, 5.74) is 0.408. The first kappa shape index (κ1) is 16.7. The van der Waals surface area contributed by atoms with E-state index in [9.17, 15) is 12.8 Å². The molecule has 0 fully saturated rings. The van der Waals surface area contributed by atoms with Crippen LogP contribution in [0.2, 0.25) is 5.02 Å². The molecular formula is C12H11BClFN2O4S. The summed E-state index contributed by atoms with van der Waals surface area (Å²) in [5, 5.41) is 17.9. The maximum absolute atomic E-state index is 13.0. The summed E-state index contributed by atoms with van der Waals surface area (Å²) < 4.78 is 39.8. The van der Waals surface area contributed by atoms with E-state index >= 15 is 0 Å². The van der Waals surface area contributed by atoms with Gasteiger partial charge in [0.15, 0.2) is 0 Å². The van der Waals surface area contributed by atoms with Crippen molar-refractivity contribution in [3.05, 3.63) is 47.0 Å². The van der Waals surface area contributed by atoms with E-state index in [1.807, 2.05) is 0 Å². The highest BCUT2D eigenvalue weighted by Gasteiger charge is 2.21. The molecule has 22 heavy (non-hydrogen) atoms. The van der Waals surface area contributed by atoms with Crippen LogP contribution in [0.1, 0.15) is 5.69 Å². The van der Waals surface area contributed by atoms with Gasteiger partial charge in [-0.3, -0.25) is 9.71 Å². The molecular weight excluding hydrogens is 333 g/mol. The van der Waals surface area contributed by atoms with Crippen LogP contribution in [0, 0.1) is 12.7 Å². The van der Waals surface area contributed by atoms with Gasteiger partial charge in [-0.25, -0.2) is 12.8 Å². The first-order chi connectivity index (χ1) is 10.2. The van der Waals surface area contributed by atoms with Gasteiger partial charge in [-0.2, -0.15) is 0 Å². The van der Waals surface area contributed by atoms with Crippen molar-refractivity contribution in [3.8, 4) is 0 Å². The van der Waals surface area contributed by atoms with Crippen LogP contribution >= 0.6 is 11.6 Å². The standard InChI is InChI=1S/C12H11BClFN2O4S/c1-7-11(4-8(6-16-7)13(18)19)17-22(20,21)12-3-2-9(15)5-10(12)14/h2-6,17-19H,1H3. The number of halogens is 2. The Labute approximate surface area is 131 Å². The van der Waals surface area contributed by atoms with Crippen molar-refractivity contribution in [1.29, 1.82) is 0 Å². The number of sulfonamides is 1. The lowest BCUT2D eigenvalue weighted by atomic mass is 9.81. The second-order valence-electron chi connectivity index (χ2n) is 4.46. The van der Waals surface area contributed by atoms with Gasteiger partial charge in [0.05, 0.1) is 16.4 Å². The molecule has 0 unspecified atom stereocenters. The predicted molar refractivity (Wildman–Crippen MR) is 81.0 cm³/mol. The van der Waals surface area contributed by atoms with Gasteiger partial charge in [0.25, 0.3) is 10.0 Å². The average molecular weight is 345 g/mol. The van der Waals surface area contributed by atoms with E-state index in [2.05, 4.69) is 9.71 Å². The summed E-state index contributed by atoms with van der Waals surface area (Å²) in [6, 6.07) is 4.13. The maximum atomic E-state index is 13.0. The number of anilines is 1. The Balaban J connectivity index is 2.42. The van der Waals surface area contributed by atoms with Crippen LogP contribution in [0.25, 0.3) is 0 Å². The van der Waals surface area contributed by atoms with E-state index in [1.165, 1.54) is 19.2 Å². The minimum absolute atomic E-state index is 0.0218. The van der Waals surface area contributed by atoms with E-state index in [-0.39, 0.29) is 21.1 Å². The fourth-order valence-electron chi connectivity index (χ4n) is 1.69. The topological polar surface area (TPSA) is 99.5 Å². The lowest BCUT2D eigenvalue weighted by molar-refractivity contribution is 0.425. The van der Waals surface area contributed by atoms with Crippen LogP contribution in [0.5, 0.6) is 0 Å². The minimum atomic E-state index is -4.08. The normalized spacial score (nSPS) is 11.3. The molecule has 2 aromatic rings. The van der Waals surface area contributed by atoms with Crippen LogP contribution in [0.4, 0.5) is 10.1 Å². The van der Waals surface area contributed by atoms with Crippen molar-refractivity contribution in [3.63, 3.8) is 0 Å². The van der Waals surface area contributed by atoms with Crippen molar-refractivity contribution in [2.75, 3.05) is 4.72 Å². The molecule has 0 saturated carbocycles. The number of rotatable bonds is 4. The molecule has 1 aromatic carbocycles. The second kappa shape index (κ2) is 6.21. The molecule has 1 heterocycles. The zero-order valence-corrected chi connectivity index (χ0v) is 12.9. The highest BCUT2D eigenvalue weighted by Crippen LogP contribution is 2.25. The molecule has 0 saturated heterocycles. The lowest BCUT2D eigenvalue weighted by Crippen LogP contribution is -2.31. The molecule has 6 nitrogen and oxygen atoms in total. The van der Waals surface area contributed by atoms with Gasteiger partial charge in [-0.05, 0) is 31.2 Å². The fraction of sp³-hybridized carbons (Fsp3) is 0.0833. The molecule has 10 heteroatoms. The second-order valence-corrected chi connectivity index (χ2v) is 6.51. The lowest BCUT2D eigenvalue weighted by Gasteiger charge is -2.12. The monoisotopic (exact) mass is 344 g/mol. The zero-order chi connectivity index (χ0) is 16.5. The number of nitrogens with zero attached hydrogens (tertiary/aromatic N) is 1. The molecule has 0 bridgehead atoms. The fourth-order valence-corrected chi connectivity index (χ4v) is 3.33. The molecule has 0 radical (unpaired) electrons. The van der Waals surface area contributed by atoms with Crippen LogP contribution in [-0.2, 0) is 10.0 Å². The van der Waals surface area contributed by atoms with Crippen LogP contribution in [0.3, 0.4) is 0 Å². The molecule has 0 amide bonds. The quantitative estimate of drug-likeness (QED) is 0.708. The third-order valence-electron chi connectivity index (χ3n) is 2.83. The maximum Gasteiger partial charge on any atom is 0.490 e. The molecule has 0 spiro atoms. The summed E-state index contributed by atoms with van der Waals surface area (Å²) in [6.45, 7) is 1.54. The Morgan fingerprint density at radius 3 is 2.59 bits per heavy atom. The van der Waals surface area contributed by atoms with Gasteiger partial charge in [-0.15, -0.1) is 0 Å². The average Bonchev–Trinajstić information content (AvgIpc) is 2.40. The zero-order valence-electron chi connectivity index (χ0n) is 11.3. The van der Waals surface area contributed by atoms with Crippen molar-refractivity contribution in [1.82, 2.24) is 4.98 Å². The van der Waals surface area contributed by atoms with E-state index in [0.717, 1.165) is 18.2 Å². The van der Waals surface area contributed by atoms with Gasteiger partial charge in [-0.1, -0.05) is 11.6 Å². The molecule has 0 atom stereocenters. The Kier molecular flexibility index (Phi) is 4.71. The molecule has 0 aliphatic carbocycles. The molecule has 116 valence electrons. The number of nitrogens with one attached hydrogen (secondary N) is 1. The number of aromatic nitrogens is 1. The first-order valence-electron chi connectivity index (χ1n) is 6.01. The van der Waals surface area contributed by atoms with E-state index in [4.69, 9.17) is 21.6 Å². The summed E-state index contributed by atoms with van der Waals surface area (Å²) in [5.74, 6) is -0.660. The highest BCUT2D eigenvalue weighted by atomic mass is 35.5. The van der Waals surface area contributed by atoms with Crippen molar-refractivity contribution in [2.45, 2.75) is 11.8 Å². The van der Waals surface area contributed by atoms with Gasteiger partial charge in [0.2, 0.25) is 0 Å². The Morgan fingerprint density at radius 2 is 2.00 bits per heavy atom. The molecule has 0 aliphatic heterocycles. The largest absolute Gasteiger partial charge is 0.490 e. The molecule has 0 aliphatic rings. The van der Waals surface area contributed by atoms with E-state index < -0.39 is 23.0 Å². The van der Waals surface area contributed by atoms with Gasteiger partial charge >= 0.3 is 7.12 Å². The van der Waals surface area contributed by atoms with Gasteiger partial charge < -0.3 is 10.0 Å². The Morgan fingerprint density at radius 1 is 1.32 bits per heavy atom. The minimum Gasteiger partial charge on any atom is -0.423 e. The Hall–Kier alpha value is -1.68. The third kappa shape index (κ3) is 3.56. The van der Waals surface area contributed by atoms with E-state index in [1.54, 1.807) is 0 Å². The highest BCUT2D eigenvalue weighted by molar-refractivity contribution is 7.92. The SMILES string of the molecule is Cc1ncc(B(O)O)cc1NS(=O)(=O)c1ccc(F)cc1Cl. The Bertz CT molecular complexity index is 817. The predicted octanol–water partition coefficient (Wildman–Crippen LogP) is 0.663. The van der Waals surface area contributed by atoms with Crippen LogP contribution < -0.4 is 10.2 Å². The molecule has 2 rings (SSSR count). The van der Waals surface area contributed by atoms with Crippen LogP contribution in [-0.4, -0.2) is 30.6 Å². The molecule has 3 N–H and O–H groups in total. The summed E-state index contributed by atoms with van der Waals surface area (Å²) >= 11 is 5.75. The van der Waals surface area contributed by atoms with Gasteiger partial charge in [0.1, 0.15) is 10.7 Å². The van der Waals surface area contributed by atoms with Crippen LogP contribution in [0.15, 0.2) is 35.4 Å². The number of aryl methyl sites for hydroxylation is 1. The summed E-state index contributed by atoms with van der Waals surface area (Å²) in [4.78, 5) is 3.57. The van der Waals surface area contributed by atoms with Crippen molar-refractivity contribution in [2.24, 2.45) is 0 Å². The first-order valence-corrected chi connectivity index (χ1v) is 7.87. The smallest absolute Gasteiger partial charge is 0.423 e. The summed E-state index contributed by atoms with van der Waals surface area (Å²) in [6.07, 6.45) is 1.21. The number of hydrogen-bond donors (Lipinski definition) is 3. The number of pyridine rings is 1. The van der Waals surface area contributed by atoms with Crippen molar-refractivity contribution >= 4 is 39.9 Å².